The largest absolute Gasteiger partial charge is 0.494 e. The van der Waals surface area contributed by atoms with Gasteiger partial charge in [0.15, 0.2) is 0 Å². The third kappa shape index (κ3) is 5.23. The number of rotatable bonds is 8. The highest BCUT2D eigenvalue weighted by molar-refractivity contribution is 6.05. The van der Waals surface area contributed by atoms with Crippen LogP contribution >= 0.6 is 0 Å². The molecule has 0 aromatic heterocycles. The fourth-order valence-corrected chi connectivity index (χ4v) is 2.70. The Morgan fingerprint density at radius 2 is 1.52 bits per heavy atom. The van der Waals surface area contributed by atoms with Gasteiger partial charge in [0.05, 0.1) is 25.6 Å². The molecule has 2 aromatic rings. The molecule has 0 spiro atoms. The van der Waals surface area contributed by atoms with Crippen LogP contribution < -0.4 is 20.1 Å². The van der Waals surface area contributed by atoms with Gasteiger partial charge in [0.25, 0.3) is 5.91 Å². The summed E-state index contributed by atoms with van der Waals surface area (Å²) >= 11 is 0. The van der Waals surface area contributed by atoms with Crippen LogP contribution in [0.25, 0.3) is 0 Å². The number of amides is 2. The van der Waals surface area contributed by atoms with Gasteiger partial charge >= 0.3 is 0 Å². The minimum Gasteiger partial charge on any atom is -0.494 e. The van der Waals surface area contributed by atoms with Gasteiger partial charge in [-0.25, -0.2) is 0 Å². The Bertz CT molecular complexity index is 790. The van der Waals surface area contributed by atoms with E-state index in [9.17, 15) is 9.59 Å². The third-order valence-electron chi connectivity index (χ3n) is 4.23. The van der Waals surface area contributed by atoms with E-state index in [2.05, 4.69) is 10.6 Å². The van der Waals surface area contributed by atoms with E-state index in [0.29, 0.717) is 28.4 Å². The van der Waals surface area contributed by atoms with Crippen LogP contribution in [0.15, 0.2) is 42.5 Å². The average molecular weight is 370 g/mol. The fourth-order valence-electron chi connectivity index (χ4n) is 2.70. The van der Waals surface area contributed by atoms with Gasteiger partial charge in [-0.3, -0.25) is 9.59 Å². The lowest BCUT2D eigenvalue weighted by atomic mass is 10.1. The zero-order chi connectivity index (χ0) is 19.8. The lowest BCUT2D eigenvalue weighted by Crippen LogP contribution is -2.21. The first-order valence-electron chi connectivity index (χ1n) is 8.93. The van der Waals surface area contributed by atoms with Gasteiger partial charge in [0.2, 0.25) is 5.91 Å². The Hall–Kier alpha value is -3.02. The molecule has 6 nitrogen and oxygen atoms in total. The van der Waals surface area contributed by atoms with Gasteiger partial charge < -0.3 is 20.1 Å². The van der Waals surface area contributed by atoms with Crippen molar-refractivity contribution in [1.82, 2.24) is 0 Å². The Balaban J connectivity index is 2.27. The molecule has 6 heteroatoms. The number of hydrogen-bond acceptors (Lipinski definition) is 4. The van der Waals surface area contributed by atoms with Gasteiger partial charge in [0, 0.05) is 23.6 Å². The molecule has 2 amide bonds. The highest BCUT2D eigenvalue weighted by Gasteiger charge is 2.18. The molecule has 0 aliphatic carbocycles. The smallest absolute Gasteiger partial charge is 0.255 e. The standard InChI is InChI=1S/C21H26N2O4/c1-5-9-14(2)20(24)22-16-12-19(27-4)17(13-18(16)26-3)23-21(25)15-10-7-6-8-11-15/h6-8,10-14H,5,9H2,1-4H3,(H,22,24)(H,23,25)/t14-/m1/s1. The molecule has 27 heavy (non-hydrogen) atoms. The summed E-state index contributed by atoms with van der Waals surface area (Å²) in [5.74, 6) is 0.417. The maximum Gasteiger partial charge on any atom is 0.255 e. The van der Waals surface area contributed by atoms with Gasteiger partial charge in [-0.1, -0.05) is 38.5 Å². The van der Waals surface area contributed by atoms with E-state index in [1.165, 1.54) is 14.2 Å². The maximum atomic E-state index is 12.4. The van der Waals surface area contributed by atoms with Gasteiger partial charge in [-0.05, 0) is 18.6 Å². The molecule has 0 aliphatic rings. The van der Waals surface area contributed by atoms with Gasteiger partial charge in [0.1, 0.15) is 11.5 Å². The van der Waals surface area contributed by atoms with E-state index in [0.717, 1.165) is 12.8 Å². The lowest BCUT2D eigenvalue weighted by molar-refractivity contribution is -0.119. The van der Waals surface area contributed by atoms with Crippen LogP contribution in [0.3, 0.4) is 0 Å². The summed E-state index contributed by atoms with van der Waals surface area (Å²) in [7, 11) is 3.01. The molecular weight excluding hydrogens is 344 g/mol. The van der Waals surface area contributed by atoms with Crippen LogP contribution in [-0.2, 0) is 4.79 Å². The van der Waals surface area contributed by atoms with Gasteiger partial charge in [-0.15, -0.1) is 0 Å². The van der Waals surface area contributed by atoms with E-state index in [1.807, 2.05) is 19.9 Å². The van der Waals surface area contributed by atoms with Gasteiger partial charge in [-0.2, -0.15) is 0 Å². The molecule has 2 rings (SSSR count). The van der Waals surface area contributed by atoms with Crippen LogP contribution in [0, 0.1) is 5.92 Å². The lowest BCUT2D eigenvalue weighted by Gasteiger charge is -2.17. The molecule has 0 saturated carbocycles. The minimum absolute atomic E-state index is 0.0849. The zero-order valence-electron chi connectivity index (χ0n) is 16.2. The fraction of sp³-hybridized carbons (Fsp3) is 0.333. The molecule has 0 unspecified atom stereocenters. The second-order valence-corrected chi connectivity index (χ2v) is 6.25. The summed E-state index contributed by atoms with van der Waals surface area (Å²) in [6.07, 6.45) is 1.73. The number of carbonyl (C=O) groups excluding carboxylic acids is 2. The molecule has 1 atom stereocenters. The molecule has 0 aliphatic heterocycles. The molecule has 2 N–H and O–H groups in total. The highest BCUT2D eigenvalue weighted by atomic mass is 16.5. The first-order valence-corrected chi connectivity index (χ1v) is 8.93. The zero-order valence-corrected chi connectivity index (χ0v) is 16.2. The van der Waals surface area contributed by atoms with Crippen molar-refractivity contribution in [2.24, 2.45) is 5.92 Å². The summed E-state index contributed by atoms with van der Waals surface area (Å²) < 4.78 is 10.8. The molecule has 0 radical (unpaired) electrons. The minimum atomic E-state index is -0.260. The first-order chi connectivity index (χ1) is 13.0. The van der Waals surface area contributed by atoms with Crippen LogP contribution in [-0.4, -0.2) is 26.0 Å². The Kier molecular flexibility index (Phi) is 7.23. The topological polar surface area (TPSA) is 76.7 Å². The van der Waals surface area contributed by atoms with Crippen molar-refractivity contribution in [3.63, 3.8) is 0 Å². The Morgan fingerprint density at radius 3 is 2.04 bits per heavy atom. The molecule has 144 valence electrons. The molecule has 2 aromatic carbocycles. The average Bonchev–Trinajstić information content (AvgIpc) is 2.69. The Labute approximate surface area is 159 Å². The summed E-state index contributed by atoms with van der Waals surface area (Å²) in [6, 6.07) is 12.2. The van der Waals surface area contributed by atoms with Crippen LogP contribution in [0.4, 0.5) is 11.4 Å². The molecule has 0 saturated heterocycles. The predicted molar refractivity (Wildman–Crippen MR) is 107 cm³/mol. The van der Waals surface area contributed by atoms with E-state index < -0.39 is 0 Å². The number of anilines is 2. The maximum absolute atomic E-state index is 12.4. The van der Waals surface area contributed by atoms with Crippen LogP contribution in [0.2, 0.25) is 0 Å². The number of nitrogens with one attached hydrogen (secondary N) is 2. The summed E-state index contributed by atoms with van der Waals surface area (Å²) in [5.41, 5.74) is 1.49. The number of benzene rings is 2. The number of hydrogen-bond donors (Lipinski definition) is 2. The number of methoxy groups -OCH3 is 2. The van der Waals surface area contributed by atoms with Crippen molar-refractivity contribution < 1.29 is 19.1 Å². The van der Waals surface area contributed by atoms with E-state index in [4.69, 9.17) is 9.47 Å². The second-order valence-electron chi connectivity index (χ2n) is 6.25. The van der Waals surface area contributed by atoms with Crippen molar-refractivity contribution in [3.8, 4) is 11.5 Å². The second kappa shape index (κ2) is 9.62. The predicted octanol–water partition coefficient (Wildman–Crippen LogP) is 4.33. The Morgan fingerprint density at radius 1 is 0.963 bits per heavy atom. The normalized spacial score (nSPS) is 11.4. The summed E-state index contributed by atoms with van der Waals surface area (Å²) in [6.45, 7) is 3.93. The monoisotopic (exact) mass is 370 g/mol. The van der Waals surface area contributed by atoms with Crippen molar-refractivity contribution in [1.29, 1.82) is 0 Å². The van der Waals surface area contributed by atoms with E-state index in [-0.39, 0.29) is 17.7 Å². The van der Waals surface area contributed by atoms with Crippen molar-refractivity contribution in [2.45, 2.75) is 26.7 Å². The SMILES string of the molecule is CCC[C@@H](C)C(=O)Nc1cc(OC)c(NC(=O)c2ccccc2)cc1OC. The van der Waals surface area contributed by atoms with Crippen molar-refractivity contribution in [3.05, 3.63) is 48.0 Å². The van der Waals surface area contributed by atoms with Crippen molar-refractivity contribution >= 4 is 23.2 Å². The third-order valence-corrected chi connectivity index (χ3v) is 4.23. The van der Waals surface area contributed by atoms with Crippen LogP contribution in [0.1, 0.15) is 37.0 Å². The molecule has 0 bridgehead atoms. The molecular formula is C21H26N2O4. The first kappa shape index (κ1) is 20.3. The van der Waals surface area contributed by atoms with E-state index >= 15 is 0 Å². The van der Waals surface area contributed by atoms with Crippen molar-refractivity contribution in [2.75, 3.05) is 24.9 Å². The molecule has 0 fully saturated rings. The summed E-state index contributed by atoms with van der Waals surface area (Å²) in [4.78, 5) is 24.8. The summed E-state index contributed by atoms with van der Waals surface area (Å²) in [5, 5.41) is 5.70. The molecule has 0 heterocycles. The highest BCUT2D eigenvalue weighted by Crippen LogP contribution is 2.37. The number of ether oxygens (including phenoxy) is 2. The number of carbonyl (C=O) groups is 2. The van der Waals surface area contributed by atoms with Crippen LogP contribution in [0.5, 0.6) is 11.5 Å². The van der Waals surface area contributed by atoms with E-state index in [1.54, 1.807) is 36.4 Å². The quantitative estimate of drug-likeness (QED) is 0.725.